The molecule has 0 spiro atoms. The monoisotopic (exact) mass is 361 g/mol. The quantitative estimate of drug-likeness (QED) is 0.734. The molecule has 0 aliphatic carbocycles. The molecule has 0 aliphatic heterocycles. The van der Waals surface area contributed by atoms with Crippen LogP contribution < -0.4 is 4.72 Å². The molecule has 1 atom stereocenters. The van der Waals surface area contributed by atoms with Gasteiger partial charge < -0.3 is 0 Å². The van der Waals surface area contributed by atoms with Gasteiger partial charge in [-0.2, -0.15) is 9.82 Å². The van der Waals surface area contributed by atoms with E-state index in [-0.39, 0.29) is 4.90 Å². The van der Waals surface area contributed by atoms with Crippen LogP contribution in [0.15, 0.2) is 59.1 Å². The Morgan fingerprint density at radius 3 is 2.54 bits per heavy atom. The summed E-state index contributed by atoms with van der Waals surface area (Å²) in [6, 6.07) is 11.5. The Hall–Kier alpha value is -1.96. The summed E-state index contributed by atoms with van der Waals surface area (Å²) < 4.78 is 29.7. The fourth-order valence-corrected chi connectivity index (χ4v) is 4.52. The van der Waals surface area contributed by atoms with Crippen LogP contribution >= 0.6 is 11.3 Å². The van der Waals surface area contributed by atoms with Gasteiger partial charge >= 0.3 is 0 Å². The third-order valence-electron chi connectivity index (χ3n) is 3.81. The number of hydrogen-bond donors (Lipinski definition) is 1. The lowest BCUT2D eigenvalue weighted by atomic mass is 10.0. The van der Waals surface area contributed by atoms with Crippen LogP contribution in [0, 0.1) is 0 Å². The third kappa shape index (κ3) is 3.58. The summed E-state index contributed by atoms with van der Waals surface area (Å²) >= 11 is 1.53. The van der Waals surface area contributed by atoms with E-state index in [4.69, 9.17) is 0 Å². The van der Waals surface area contributed by atoms with Crippen molar-refractivity contribution in [2.24, 2.45) is 7.05 Å². The SMILES string of the molecule is CCc1ccc(C(NS(=O)(=O)c2cnn(C)c2)c2cccs2)cc1. The minimum Gasteiger partial charge on any atom is -0.274 e. The lowest BCUT2D eigenvalue weighted by Gasteiger charge is -2.18. The normalized spacial score (nSPS) is 13.1. The highest BCUT2D eigenvalue weighted by Gasteiger charge is 2.24. The first kappa shape index (κ1) is 16.9. The van der Waals surface area contributed by atoms with Gasteiger partial charge in [0.15, 0.2) is 0 Å². The van der Waals surface area contributed by atoms with E-state index in [1.54, 1.807) is 7.05 Å². The summed E-state index contributed by atoms with van der Waals surface area (Å²) in [7, 11) is -1.96. The van der Waals surface area contributed by atoms with Crippen molar-refractivity contribution in [3.63, 3.8) is 0 Å². The summed E-state index contributed by atoms with van der Waals surface area (Å²) in [6.07, 6.45) is 3.80. The first-order valence-electron chi connectivity index (χ1n) is 7.63. The Bertz CT molecular complexity index is 898. The van der Waals surface area contributed by atoms with Crippen molar-refractivity contribution >= 4 is 21.4 Å². The predicted molar refractivity (Wildman–Crippen MR) is 95.5 cm³/mol. The van der Waals surface area contributed by atoms with E-state index in [0.29, 0.717) is 0 Å². The van der Waals surface area contributed by atoms with E-state index < -0.39 is 16.1 Å². The van der Waals surface area contributed by atoms with Crippen molar-refractivity contribution in [1.82, 2.24) is 14.5 Å². The summed E-state index contributed by atoms with van der Waals surface area (Å²) in [5.74, 6) is 0. The van der Waals surface area contributed by atoms with Gasteiger partial charge in [-0.15, -0.1) is 11.3 Å². The molecule has 2 aromatic heterocycles. The first-order chi connectivity index (χ1) is 11.5. The molecule has 126 valence electrons. The van der Waals surface area contributed by atoms with E-state index in [2.05, 4.69) is 16.7 Å². The Balaban J connectivity index is 1.96. The second-order valence-electron chi connectivity index (χ2n) is 5.51. The van der Waals surface area contributed by atoms with Gasteiger partial charge in [0.2, 0.25) is 10.0 Å². The largest absolute Gasteiger partial charge is 0.274 e. The fourth-order valence-electron chi connectivity index (χ4n) is 2.45. The van der Waals surface area contributed by atoms with Crippen molar-refractivity contribution in [3.8, 4) is 0 Å². The molecule has 0 saturated heterocycles. The first-order valence-corrected chi connectivity index (χ1v) is 9.99. The maximum absolute atomic E-state index is 12.7. The lowest BCUT2D eigenvalue weighted by Crippen LogP contribution is -2.28. The third-order valence-corrected chi connectivity index (χ3v) is 6.13. The molecule has 1 unspecified atom stereocenters. The topological polar surface area (TPSA) is 64.0 Å². The molecule has 0 fully saturated rings. The Labute approximate surface area is 146 Å². The second-order valence-corrected chi connectivity index (χ2v) is 8.21. The number of aryl methyl sites for hydroxylation is 2. The summed E-state index contributed by atoms with van der Waals surface area (Å²) in [5.41, 5.74) is 2.14. The van der Waals surface area contributed by atoms with Crippen molar-refractivity contribution < 1.29 is 8.42 Å². The molecule has 0 amide bonds. The Kier molecular flexibility index (Phi) is 4.84. The van der Waals surface area contributed by atoms with Crippen LogP contribution in [0.5, 0.6) is 0 Å². The number of rotatable bonds is 6. The summed E-state index contributed by atoms with van der Waals surface area (Å²) in [4.78, 5) is 1.11. The molecular weight excluding hydrogens is 342 g/mol. The number of hydrogen-bond acceptors (Lipinski definition) is 4. The van der Waals surface area contributed by atoms with Crippen molar-refractivity contribution in [3.05, 3.63) is 70.2 Å². The van der Waals surface area contributed by atoms with Crippen molar-refractivity contribution in [2.45, 2.75) is 24.3 Å². The highest BCUT2D eigenvalue weighted by molar-refractivity contribution is 7.89. The van der Waals surface area contributed by atoms with Gasteiger partial charge in [-0.3, -0.25) is 4.68 Å². The minimum atomic E-state index is -3.66. The standard InChI is InChI=1S/C17H19N3O2S2/c1-3-13-6-8-14(9-7-13)17(16-5-4-10-23-16)19-24(21,22)15-11-18-20(2)12-15/h4-12,17,19H,3H2,1-2H3. The maximum Gasteiger partial charge on any atom is 0.244 e. The number of aromatic nitrogens is 2. The molecule has 1 aromatic carbocycles. The molecule has 5 nitrogen and oxygen atoms in total. The molecule has 3 aromatic rings. The molecule has 24 heavy (non-hydrogen) atoms. The molecule has 0 aliphatic rings. The van der Waals surface area contributed by atoms with Crippen LogP contribution in [0.3, 0.4) is 0 Å². The Morgan fingerprint density at radius 1 is 1.25 bits per heavy atom. The number of sulfonamides is 1. The number of nitrogens with zero attached hydrogens (tertiary/aromatic N) is 2. The lowest BCUT2D eigenvalue weighted by molar-refractivity contribution is 0.573. The van der Waals surface area contributed by atoms with Gasteiger partial charge in [0.1, 0.15) is 4.90 Å². The summed E-state index contributed by atoms with van der Waals surface area (Å²) in [6.45, 7) is 2.09. The van der Waals surface area contributed by atoms with Gasteiger partial charge in [0, 0.05) is 18.1 Å². The highest BCUT2D eigenvalue weighted by atomic mass is 32.2. The molecule has 0 saturated carbocycles. The molecule has 2 heterocycles. The molecule has 3 rings (SSSR count). The average Bonchev–Trinajstić information content (AvgIpc) is 3.24. The van der Waals surface area contributed by atoms with Crippen molar-refractivity contribution in [2.75, 3.05) is 0 Å². The van der Waals surface area contributed by atoms with E-state index in [1.165, 1.54) is 34.0 Å². The van der Waals surface area contributed by atoms with Gasteiger partial charge in [0.25, 0.3) is 0 Å². The van der Waals surface area contributed by atoms with Crippen LogP contribution in [0.1, 0.15) is 29.0 Å². The molecule has 7 heteroatoms. The smallest absolute Gasteiger partial charge is 0.244 e. The predicted octanol–water partition coefficient (Wildman–Crippen LogP) is 3.11. The van der Waals surface area contributed by atoms with Crippen LogP contribution in [-0.4, -0.2) is 18.2 Å². The summed E-state index contributed by atoms with van der Waals surface area (Å²) in [5, 5.41) is 5.89. The molecule has 0 radical (unpaired) electrons. The molecular formula is C17H19N3O2S2. The van der Waals surface area contributed by atoms with Gasteiger partial charge in [-0.05, 0) is 29.0 Å². The number of thiophene rings is 1. The number of benzene rings is 1. The zero-order chi connectivity index (χ0) is 17.2. The van der Waals surface area contributed by atoms with Gasteiger partial charge in [0.05, 0.1) is 12.2 Å². The molecule has 0 bridgehead atoms. The van der Waals surface area contributed by atoms with Crippen LogP contribution in [0.25, 0.3) is 0 Å². The van der Waals surface area contributed by atoms with E-state index in [9.17, 15) is 8.42 Å². The number of nitrogens with one attached hydrogen (secondary N) is 1. The van der Waals surface area contributed by atoms with E-state index in [0.717, 1.165) is 16.9 Å². The van der Waals surface area contributed by atoms with Crippen LogP contribution in [0.2, 0.25) is 0 Å². The minimum absolute atomic E-state index is 0.164. The van der Waals surface area contributed by atoms with Crippen LogP contribution in [0.4, 0.5) is 0 Å². The van der Waals surface area contributed by atoms with Gasteiger partial charge in [-0.1, -0.05) is 37.3 Å². The second kappa shape index (κ2) is 6.88. The zero-order valence-electron chi connectivity index (χ0n) is 13.5. The Morgan fingerprint density at radius 2 is 2.00 bits per heavy atom. The van der Waals surface area contributed by atoms with Crippen LogP contribution in [-0.2, 0) is 23.5 Å². The van der Waals surface area contributed by atoms with Gasteiger partial charge in [-0.25, -0.2) is 8.42 Å². The van der Waals surface area contributed by atoms with E-state index in [1.807, 2.05) is 41.8 Å². The zero-order valence-corrected chi connectivity index (χ0v) is 15.1. The van der Waals surface area contributed by atoms with Crippen molar-refractivity contribution in [1.29, 1.82) is 0 Å². The molecule has 1 N–H and O–H groups in total. The average molecular weight is 361 g/mol. The van der Waals surface area contributed by atoms with E-state index >= 15 is 0 Å². The highest BCUT2D eigenvalue weighted by Crippen LogP contribution is 2.28. The maximum atomic E-state index is 12.7. The fraction of sp³-hybridized carbons (Fsp3) is 0.235.